The van der Waals surface area contributed by atoms with E-state index in [1.807, 2.05) is 73.7 Å². The number of epoxide rings is 1. The topological polar surface area (TPSA) is 29.6 Å². The molecule has 0 bridgehead atoms. The Hall–Kier alpha value is -2.19. The maximum atomic E-state index is 12.5. The van der Waals surface area contributed by atoms with Crippen molar-refractivity contribution in [1.29, 1.82) is 0 Å². The monoisotopic (exact) mass is 264 g/mol. The van der Waals surface area contributed by atoms with Crippen LogP contribution in [0.3, 0.4) is 0 Å². The largest absolute Gasteiger partial charge is 0.352 e. The minimum atomic E-state index is -0.785. The second kappa shape index (κ2) is 5.06. The summed E-state index contributed by atoms with van der Waals surface area (Å²) in [6.07, 6.45) is 3.38. The van der Waals surface area contributed by atoms with E-state index in [2.05, 4.69) is 0 Å². The number of rotatable bonds is 4. The molecule has 0 amide bonds. The van der Waals surface area contributed by atoms with Crippen LogP contribution in [0.5, 0.6) is 0 Å². The van der Waals surface area contributed by atoms with E-state index in [1.165, 1.54) is 0 Å². The molecule has 0 unspecified atom stereocenters. The van der Waals surface area contributed by atoms with Crippen molar-refractivity contribution in [3.8, 4) is 0 Å². The summed E-state index contributed by atoms with van der Waals surface area (Å²) in [6.45, 7) is 1.93. The van der Waals surface area contributed by atoms with Crippen LogP contribution in [-0.2, 0) is 15.1 Å². The first-order valence-electron chi connectivity index (χ1n) is 6.74. The fourth-order valence-electron chi connectivity index (χ4n) is 2.49. The third-order valence-electron chi connectivity index (χ3n) is 3.67. The van der Waals surface area contributed by atoms with E-state index in [0.717, 1.165) is 11.1 Å². The van der Waals surface area contributed by atoms with Crippen LogP contribution >= 0.6 is 0 Å². The summed E-state index contributed by atoms with van der Waals surface area (Å²) in [5.74, 6) is 0.0000491. The first-order chi connectivity index (χ1) is 9.73. The molecule has 100 valence electrons. The fourth-order valence-corrected chi connectivity index (χ4v) is 2.49. The van der Waals surface area contributed by atoms with E-state index in [1.54, 1.807) is 6.08 Å². The highest BCUT2D eigenvalue weighted by Crippen LogP contribution is 2.47. The average Bonchev–Trinajstić information content (AvgIpc) is 3.19. The molecule has 1 saturated heterocycles. The van der Waals surface area contributed by atoms with Crippen molar-refractivity contribution < 1.29 is 9.53 Å². The molecular formula is C18H16O2. The summed E-state index contributed by atoms with van der Waals surface area (Å²) in [5.41, 5.74) is 1.15. The summed E-state index contributed by atoms with van der Waals surface area (Å²) < 4.78 is 5.64. The van der Waals surface area contributed by atoms with Gasteiger partial charge in [0.25, 0.3) is 0 Å². The first kappa shape index (κ1) is 12.8. The molecule has 0 radical (unpaired) electrons. The lowest BCUT2D eigenvalue weighted by Gasteiger charge is -2.09. The summed E-state index contributed by atoms with van der Waals surface area (Å²) in [6, 6.07) is 19.5. The fraction of sp³-hybridized carbons (Fsp3) is 0.167. The van der Waals surface area contributed by atoms with Crippen LogP contribution in [-0.4, -0.2) is 11.9 Å². The average molecular weight is 264 g/mol. The Bertz CT molecular complexity index is 631. The highest BCUT2D eigenvalue weighted by atomic mass is 16.6. The van der Waals surface area contributed by atoms with Gasteiger partial charge >= 0.3 is 0 Å². The zero-order valence-corrected chi connectivity index (χ0v) is 11.3. The summed E-state index contributed by atoms with van der Waals surface area (Å²) in [5, 5.41) is 0. The van der Waals surface area contributed by atoms with Gasteiger partial charge in [0.1, 0.15) is 0 Å². The Labute approximate surface area is 118 Å². The number of hydrogen-bond donors (Lipinski definition) is 0. The van der Waals surface area contributed by atoms with Crippen molar-refractivity contribution in [1.82, 2.24) is 0 Å². The van der Waals surface area contributed by atoms with Gasteiger partial charge in [-0.15, -0.1) is 0 Å². The molecule has 3 rings (SSSR count). The van der Waals surface area contributed by atoms with Crippen molar-refractivity contribution in [3.63, 3.8) is 0 Å². The molecule has 0 saturated carbocycles. The van der Waals surface area contributed by atoms with Crippen molar-refractivity contribution in [3.05, 3.63) is 77.9 Å². The molecule has 1 fully saturated rings. The van der Waals surface area contributed by atoms with Gasteiger partial charge in [-0.25, -0.2) is 0 Å². The quantitative estimate of drug-likeness (QED) is 0.624. The van der Waals surface area contributed by atoms with Crippen LogP contribution in [0.1, 0.15) is 18.1 Å². The maximum Gasteiger partial charge on any atom is 0.194 e. The predicted octanol–water partition coefficient (Wildman–Crippen LogP) is 3.58. The molecular weight excluding hydrogens is 248 g/mol. The molecule has 0 aliphatic carbocycles. The number of carbonyl (C=O) groups is 1. The van der Waals surface area contributed by atoms with Gasteiger partial charge in [-0.1, -0.05) is 66.7 Å². The molecule has 2 aromatic rings. The minimum Gasteiger partial charge on any atom is -0.352 e. The van der Waals surface area contributed by atoms with E-state index in [4.69, 9.17) is 4.74 Å². The highest BCUT2D eigenvalue weighted by Gasteiger charge is 2.59. The van der Waals surface area contributed by atoms with Crippen molar-refractivity contribution in [2.24, 2.45) is 0 Å². The Kier molecular flexibility index (Phi) is 3.25. The number of carbonyl (C=O) groups excluding carboxylic acids is 1. The lowest BCUT2D eigenvalue weighted by atomic mass is 9.91. The Balaban J connectivity index is 1.85. The van der Waals surface area contributed by atoms with Crippen LogP contribution in [0.2, 0.25) is 0 Å². The van der Waals surface area contributed by atoms with Crippen molar-refractivity contribution in [2.75, 3.05) is 0 Å². The molecule has 0 aromatic heterocycles. The molecule has 0 spiro atoms. The molecule has 0 N–H and O–H groups in total. The normalized spacial score (nSPS) is 24.8. The Morgan fingerprint density at radius 2 is 1.60 bits per heavy atom. The number of hydrogen-bond acceptors (Lipinski definition) is 2. The summed E-state index contributed by atoms with van der Waals surface area (Å²) >= 11 is 0. The molecule has 2 nitrogen and oxygen atoms in total. The van der Waals surface area contributed by atoms with Crippen molar-refractivity contribution in [2.45, 2.75) is 18.6 Å². The Morgan fingerprint density at radius 3 is 2.15 bits per heavy atom. The Morgan fingerprint density at radius 1 is 1.05 bits per heavy atom. The van der Waals surface area contributed by atoms with Crippen LogP contribution < -0.4 is 0 Å². The van der Waals surface area contributed by atoms with Gasteiger partial charge < -0.3 is 4.74 Å². The SMILES string of the molecule is C[C@H]1O[C@]1(C(=O)/C=C/c1ccccc1)c1ccccc1. The van der Waals surface area contributed by atoms with Gasteiger partial charge in [-0.05, 0) is 24.1 Å². The van der Waals surface area contributed by atoms with E-state index in [-0.39, 0.29) is 11.9 Å². The van der Waals surface area contributed by atoms with Gasteiger partial charge in [0.2, 0.25) is 0 Å². The standard InChI is InChI=1S/C18H16O2/c1-14-18(20-14,16-10-6-3-7-11-16)17(19)13-12-15-8-4-2-5-9-15/h2-14H,1H3/b13-12+/t14-,18+/m1/s1. The zero-order valence-electron chi connectivity index (χ0n) is 11.3. The summed E-state index contributed by atoms with van der Waals surface area (Å²) in [4.78, 5) is 12.5. The van der Waals surface area contributed by atoms with Crippen LogP contribution in [0.25, 0.3) is 6.08 Å². The van der Waals surface area contributed by atoms with Crippen molar-refractivity contribution >= 4 is 11.9 Å². The first-order valence-corrected chi connectivity index (χ1v) is 6.74. The van der Waals surface area contributed by atoms with E-state index in [9.17, 15) is 4.79 Å². The highest BCUT2D eigenvalue weighted by molar-refractivity contribution is 6.02. The van der Waals surface area contributed by atoms with Crippen LogP contribution in [0, 0.1) is 0 Å². The lowest BCUT2D eigenvalue weighted by molar-refractivity contribution is -0.119. The zero-order chi connectivity index (χ0) is 14.0. The van der Waals surface area contributed by atoms with Gasteiger partial charge in [0, 0.05) is 0 Å². The molecule has 2 aromatic carbocycles. The van der Waals surface area contributed by atoms with Crippen LogP contribution in [0.15, 0.2) is 66.7 Å². The van der Waals surface area contributed by atoms with E-state index < -0.39 is 5.60 Å². The third-order valence-corrected chi connectivity index (χ3v) is 3.67. The van der Waals surface area contributed by atoms with E-state index >= 15 is 0 Å². The second-order valence-electron chi connectivity index (χ2n) is 4.97. The molecule has 1 heterocycles. The number of ether oxygens (including phenoxy) is 1. The smallest absolute Gasteiger partial charge is 0.194 e. The molecule has 20 heavy (non-hydrogen) atoms. The molecule has 2 atom stereocenters. The summed E-state index contributed by atoms with van der Waals surface area (Å²) in [7, 11) is 0. The predicted molar refractivity (Wildman–Crippen MR) is 79.2 cm³/mol. The minimum absolute atomic E-state index is 0.0000491. The van der Waals surface area contributed by atoms with E-state index in [0.29, 0.717) is 0 Å². The lowest BCUT2D eigenvalue weighted by Crippen LogP contribution is -2.22. The second-order valence-corrected chi connectivity index (χ2v) is 4.97. The number of benzene rings is 2. The number of ketones is 1. The maximum absolute atomic E-state index is 12.5. The van der Waals surface area contributed by atoms with Gasteiger partial charge in [0.15, 0.2) is 11.4 Å². The molecule has 1 aliphatic heterocycles. The third kappa shape index (κ3) is 2.19. The van der Waals surface area contributed by atoms with Crippen LogP contribution in [0.4, 0.5) is 0 Å². The molecule has 2 heteroatoms. The van der Waals surface area contributed by atoms with Gasteiger partial charge in [-0.3, -0.25) is 4.79 Å². The van der Waals surface area contributed by atoms with Gasteiger partial charge in [-0.2, -0.15) is 0 Å². The molecule has 1 aliphatic rings. The van der Waals surface area contributed by atoms with Gasteiger partial charge in [0.05, 0.1) is 6.10 Å².